The molecule has 28 heavy (non-hydrogen) atoms. The number of nitrogens with zero attached hydrogens (tertiary/aromatic N) is 2. The molecule has 2 amide bonds. The monoisotopic (exact) mass is 393 g/mol. The van der Waals surface area contributed by atoms with Gasteiger partial charge in [0, 0.05) is 24.1 Å². The summed E-state index contributed by atoms with van der Waals surface area (Å²) in [5.74, 6) is 0.335. The fourth-order valence-electron chi connectivity index (χ4n) is 3.69. The third kappa shape index (κ3) is 2.81. The molecule has 10 heteroatoms. The van der Waals surface area contributed by atoms with Gasteiger partial charge >= 0.3 is 12.2 Å². The molecule has 2 aliphatic heterocycles. The summed E-state index contributed by atoms with van der Waals surface area (Å²) < 4.78 is 45.2. The van der Waals surface area contributed by atoms with E-state index >= 15 is 0 Å². The van der Waals surface area contributed by atoms with Gasteiger partial charge in [0.05, 0.1) is 22.2 Å². The predicted octanol–water partition coefficient (Wildman–Crippen LogP) is 4.38. The van der Waals surface area contributed by atoms with E-state index in [1.165, 1.54) is 30.3 Å². The number of halogens is 3. The first-order chi connectivity index (χ1) is 13.1. The van der Waals surface area contributed by atoms with Crippen LogP contribution in [-0.2, 0) is 6.18 Å². The van der Waals surface area contributed by atoms with Crippen molar-refractivity contribution in [3.8, 4) is 5.75 Å². The highest BCUT2D eigenvalue weighted by Crippen LogP contribution is 2.46. The van der Waals surface area contributed by atoms with Crippen LogP contribution in [0.4, 0.5) is 29.3 Å². The predicted molar refractivity (Wildman–Crippen MR) is 91.9 cm³/mol. The Morgan fingerprint density at radius 1 is 1.29 bits per heavy atom. The van der Waals surface area contributed by atoms with Crippen LogP contribution < -0.4 is 15.0 Å². The number of hydrogen-bond acceptors (Lipinski definition) is 4. The van der Waals surface area contributed by atoms with Gasteiger partial charge in [-0.3, -0.25) is 15.0 Å². The zero-order valence-electron chi connectivity index (χ0n) is 14.5. The number of nitrogens with one attached hydrogen (secondary N) is 1. The SMILES string of the molecule is C[C@@]12C[C@H](NC(=O)N1c1cccc(C(F)(F)F)c1)c1cc([N+](=O)[O-])ccc1O2. The van der Waals surface area contributed by atoms with Crippen molar-refractivity contribution in [2.45, 2.75) is 31.3 Å². The summed E-state index contributed by atoms with van der Waals surface area (Å²) in [5, 5.41) is 13.7. The average molecular weight is 393 g/mol. The van der Waals surface area contributed by atoms with Gasteiger partial charge in [-0.1, -0.05) is 6.07 Å². The second kappa shape index (κ2) is 5.85. The first-order valence-electron chi connectivity index (χ1n) is 8.34. The number of anilines is 1. The lowest BCUT2D eigenvalue weighted by Crippen LogP contribution is -2.65. The molecule has 0 unspecified atom stereocenters. The summed E-state index contributed by atoms with van der Waals surface area (Å²) in [6.45, 7) is 1.60. The Morgan fingerprint density at radius 3 is 2.71 bits per heavy atom. The van der Waals surface area contributed by atoms with E-state index in [4.69, 9.17) is 4.74 Å². The molecule has 1 N–H and O–H groups in total. The van der Waals surface area contributed by atoms with E-state index in [1.807, 2.05) is 0 Å². The highest BCUT2D eigenvalue weighted by Gasteiger charge is 2.50. The highest BCUT2D eigenvalue weighted by molar-refractivity contribution is 5.95. The zero-order chi connectivity index (χ0) is 20.3. The lowest BCUT2D eigenvalue weighted by molar-refractivity contribution is -0.385. The molecule has 2 aromatic carbocycles. The fourth-order valence-corrected chi connectivity index (χ4v) is 3.69. The van der Waals surface area contributed by atoms with Crippen molar-refractivity contribution in [3.05, 3.63) is 63.7 Å². The molecule has 2 heterocycles. The molecule has 7 nitrogen and oxygen atoms in total. The second-order valence-corrected chi connectivity index (χ2v) is 6.85. The van der Waals surface area contributed by atoms with Crippen molar-refractivity contribution in [2.75, 3.05) is 4.90 Å². The molecule has 2 aromatic rings. The summed E-state index contributed by atoms with van der Waals surface area (Å²) in [4.78, 5) is 24.3. The number of amides is 2. The molecule has 146 valence electrons. The van der Waals surface area contributed by atoms with Crippen LogP contribution >= 0.6 is 0 Å². The average Bonchev–Trinajstić information content (AvgIpc) is 2.60. The molecule has 1 saturated heterocycles. The summed E-state index contributed by atoms with van der Waals surface area (Å²) >= 11 is 0. The van der Waals surface area contributed by atoms with Crippen molar-refractivity contribution < 1.29 is 27.6 Å². The Balaban J connectivity index is 1.76. The Morgan fingerprint density at radius 2 is 2.04 bits per heavy atom. The van der Waals surface area contributed by atoms with Crippen molar-refractivity contribution in [3.63, 3.8) is 0 Å². The normalized spacial score (nSPS) is 23.5. The lowest BCUT2D eigenvalue weighted by atomic mass is 9.89. The molecule has 4 rings (SSSR count). The van der Waals surface area contributed by atoms with E-state index in [-0.39, 0.29) is 17.8 Å². The first kappa shape index (κ1) is 18.1. The van der Waals surface area contributed by atoms with Gasteiger partial charge in [0.25, 0.3) is 5.69 Å². The van der Waals surface area contributed by atoms with Gasteiger partial charge in [-0.25, -0.2) is 4.79 Å². The molecular formula is C18H14F3N3O4. The third-order valence-electron chi connectivity index (χ3n) is 4.90. The molecule has 2 bridgehead atoms. The number of nitro benzene ring substituents is 1. The number of benzene rings is 2. The number of rotatable bonds is 2. The minimum absolute atomic E-state index is 0.0404. The minimum atomic E-state index is -4.55. The van der Waals surface area contributed by atoms with Crippen LogP contribution in [0.3, 0.4) is 0 Å². The molecule has 0 spiro atoms. The summed E-state index contributed by atoms with van der Waals surface area (Å²) in [6.07, 6.45) is -4.34. The number of hydrogen-bond donors (Lipinski definition) is 1. The Bertz CT molecular complexity index is 994. The number of fused-ring (bicyclic) bond motifs is 4. The first-order valence-corrected chi connectivity index (χ1v) is 8.34. The van der Waals surface area contributed by atoms with Crippen LogP contribution in [0.1, 0.15) is 30.5 Å². The molecule has 2 aliphatic rings. The molecule has 0 radical (unpaired) electrons. The lowest BCUT2D eigenvalue weighted by Gasteiger charge is -2.50. The van der Waals surface area contributed by atoms with Crippen LogP contribution in [-0.4, -0.2) is 16.7 Å². The van der Waals surface area contributed by atoms with Crippen LogP contribution in [0.25, 0.3) is 0 Å². The maximum Gasteiger partial charge on any atom is 0.416 e. The van der Waals surface area contributed by atoms with E-state index in [0.717, 1.165) is 17.0 Å². The molecular weight excluding hydrogens is 379 g/mol. The number of carbonyl (C=O) groups excluding carboxylic acids is 1. The summed E-state index contributed by atoms with van der Waals surface area (Å²) in [5.41, 5.74) is -1.77. The van der Waals surface area contributed by atoms with Crippen LogP contribution in [0, 0.1) is 10.1 Å². The van der Waals surface area contributed by atoms with Crippen molar-refractivity contribution in [2.24, 2.45) is 0 Å². The zero-order valence-corrected chi connectivity index (χ0v) is 14.5. The van der Waals surface area contributed by atoms with E-state index in [0.29, 0.717) is 11.3 Å². The topological polar surface area (TPSA) is 84.7 Å². The maximum atomic E-state index is 13.1. The molecule has 0 aromatic heterocycles. The molecule has 2 atom stereocenters. The largest absolute Gasteiger partial charge is 0.467 e. The summed E-state index contributed by atoms with van der Waals surface area (Å²) in [6, 6.07) is 7.28. The third-order valence-corrected chi connectivity index (χ3v) is 4.90. The Kier molecular flexibility index (Phi) is 3.78. The second-order valence-electron chi connectivity index (χ2n) is 6.85. The summed E-state index contributed by atoms with van der Waals surface area (Å²) in [7, 11) is 0. The van der Waals surface area contributed by atoms with Crippen LogP contribution in [0.5, 0.6) is 5.75 Å². The van der Waals surface area contributed by atoms with Gasteiger partial charge in [0.2, 0.25) is 0 Å². The van der Waals surface area contributed by atoms with E-state index in [1.54, 1.807) is 6.92 Å². The Labute approximate surface area is 156 Å². The van der Waals surface area contributed by atoms with Gasteiger partial charge in [-0.05, 0) is 31.2 Å². The van der Waals surface area contributed by atoms with Gasteiger partial charge in [-0.2, -0.15) is 13.2 Å². The van der Waals surface area contributed by atoms with E-state index < -0.39 is 34.5 Å². The Hall–Kier alpha value is -3.30. The molecule has 0 saturated carbocycles. The number of non-ortho nitro benzene ring substituents is 1. The smallest absolute Gasteiger partial charge is 0.416 e. The van der Waals surface area contributed by atoms with Crippen molar-refractivity contribution in [1.29, 1.82) is 0 Å². The van der Waals surface area contributed by atoms with Gasteiger partial charge in [0.1, 0.15) is 5.75 Å². The molecule has 0 aliphatic carbocycles. The minimum Gasteiger partial charge on any atom is -0.467 e. The van der Waals surface area contributed by atoms with Gasteiger partial charge in [-0.15, -0.1) is 0 Å². The van der Waals surface area contributed by atoms with Crippen molar-refractivity contribution in [1.82, 2.24) is 5.32 Å². The van der Waals surface area contributed by atoms with Crippen molar-refractivity contribution >= 4 is 17.4 Å². The number of ether oxygens (including phenoxy) is 1. The number of alkyl halides is 3. The standard InChI is InChI=1S/C18H14F3N3O4/c1-17-9-14(13-8-12(24(26)27)5-6-15(13)28-17)22-16(25)23(17)11-4-2-3-10(7-11)18(19,20)21/h2-8,14H,9H2,1H3,(H,22,25)/t14-,17+/m0/s1. The van der Waals surface area contributed by atoms with Crippen LogP contribution in [0.2, 0.25) is 0 Å². The van der Waals surface area contributed by atoms with Gasteiger partial charge in [0.15, 0.2) is 5.72 Å². The maximum absolute atomic E-state index is 13.1. The van der Waals surface area contributed by atoms with E-state index in [2.05, 4.69) is 5.32 Å². The number of nitro groups is 1. The quantitative estimate of drug-likeness (QED) is 0.606. The number of carbonyl (C=O) groups is 1. The molecule has 1 fully saturated rings. The van der Waals surface area contributed by atoms with E-state index in [9.17, 15) is 28.1 Å². The van der Waals surface area contributed by atoms with Crippen LogP contribution in [0.15, 0.2) is 42.5 Å². The highest BCUT2D eigenvalue weighted by atomic mass is 19.4. The number of urea groups is 1. The van der Waals surface area contributed by atoms with Gasteiger partial charge < -0.3 is 10.1 Å². The fraction of sp³-hybridized carbons (Fsp3) is 0.278.